The van der Waals surface area contributed by atoms with Gasteiger partial charge < -0.3 is 9.64 Å². The highest BCUT2D eigenvalue weighted by molar-refractivity contribution is 8.00. The van der Waals surface area contributed by atoms with Gasteiger partial charge in [-0.1, -0.05) is 30.0 Å². The summed E-state index contributed by atoms with van der Waals surface area (Å²) in [4.78, 5) is 45.0. The predicted octanol–water partition coefficient (Wildman–Crippen LogP) is 4.12. The Balaban J connectivity index is 1.61. The monoisotopic (exact) mass is 497 g/mol. The molecule has 9 heteroatoms. The van der Waals surface area contributed by atoms with Crippen LogP contribution in [0.1, 0.15) is 32.3 Å². The third-order valence-corrected chi connectivity index (χ3v) is 7.25. The van der Waals surface area contributed by atoms with Gasteiger partial charge in [-0.25, -0.2) is 9.37 Å². The number of likely N-dealkylation sites (tertiary alicyclic amines) is 1. The van der Waals surface area contributed by atoms with Crippen LogP contribution in [0.25, 0.3) is 16.6 Å². The van der Waals surface area contributed by atoms with Gasteiger partial charge >= 0.3 is 5.97 Å². The molecule has 0 bridgehead atoms. The summed E-state index contributed by atoms with van der Waals surface area (Å²) in [6, 6.07) is 11.6. The topological polar surface area (TPSA) is 81.5 Å². The first-order valence-electron chi connectivity index (χ1n) is 11.7. The van der Waals surface area contributed by atoms with E-state index in [2.05, 4.69) is 4.98 Å². The third-order valence-electron chi connectivity index (χ3n) is 6.22. The molecule has 0 saturated carbocycles. The maximum absolute atomic E-state index is 14.4. The van der Waals surface area contributed by atoms with Crippen molar-refractivity contribution in [1.29, 1.82) is 0 Å². The number of piperidine rings is 1. The van der Waals surface area contributed by atoms with Crippen molar-refractivity contribution in [2.24, 2.45) is 5.92 Å². The van der Waals surface area contributed by atoms with Crippen LogP contribution in [0.5, 0.6) is 0 Å². The number of hydrogen-bond acceptors (Lipinski definition) is 6. The minimum atomic E-state index is -0.538. The Morgan fingerprint density at radius 1 is 1.20 bits per heavy atom. The van der Waals surface area contributed by atoms with Gasteiger partial charge in [-0.05, 0) is 63.4 Å². The van der Waals surface area contributed by atoms with Crippen LogP contribution in [-0.2, 0) is 14.3 Å². The Kier molecular flexibility index (Phi) is 7.54. The van der Waals surface area contributed by atoms with Crippen molar-refractivity contribution in [3.05, 3.63) is 64.2 Å². The fourth-order valence-electron chi connectivity index (χ4n) is 4.20. The fraction of sp³-hybridized carbons (Fsp3) is 0.385. The quantitative estimate of drug-likeness (QED) is 0.290. The van der Waals surface area contributed by atoms with Gasteiger partial charge in [-0.2, -0.15) is 0 Å². The van der Waals surface area contributed by atoms with Crippen molar-refractivity contribution >= 4 is 34.5 Å². The van der Waals surface area contributed by atoms with E-state index < -0.39 is 11.1 Å². The van der Waals surface area contributed by atoms with Gasteiger partial charge in [0.25, 0.3) is 5.56 Å². The van der Waals surface area contributed by atoms with Gasteiger partial charge in [0.05, 0.1) is 34.4 Å². The van der Waals surface area contributed by atoms with Crippen molar-refractivity contribution < 1.29 is 18.7 Å². The number of aryl methyl sites for hydroxylation is 1. The van der Waals surface area contributed by atoms with Crippen molar-refractivity contribution in [2.75, 3.05) is 19.7 Å². The summed E-state index contributed by atoms with van der Waals surface area (Å²) in [6.07, 6.45) is 1.12. The van der Waals surface area contributed by atoms with E-state index in [0.29, 0.717) is 59.8 Å². The molecular weight excluding hydrogens is 469 g/mol. The number of benzene rings is 2. The molecule has 2 heterocycles. The van der Waals surface area contributed by atoms with E-state index in [1.807, 2.05) is 0 Å². The van der Waals surface area contributed by atoms with E-state index in [1.165, 1.54) is 22.4 Å². The molecule has 4 rings (SSSR count). The number of carbonyl (C=O) groups is 2. The lowest BCUT2D eigenvalue weighted by Gasteiger charge is -2.32. The van der Waals surface area contributed by atoms with Crippen LogP contribution in [-0.4, -0.2) is 51.3 Å². The number of halogens is 1. The second-order valence-corrected chi connectivity index (χ2v) is 9.91. The number of nitrogens with zero attached hydrogens (tertiary/aromatic N) is 3. The minimum absolute atomic E-state index is 0.0960. The Bertz CT molecular complexity index is 1320. The lowest BCUT2D eigenvalue weighted by atomic mass is 9.97. The number of amides is 1. The number of hydrogen-bond donors (Lipinski definition) is 0. The molecule has 1 fully saturated rings. The first-order chi connectivity index (χ1) is 16.8. The SMILES string of the molecule is CCOC(=O)C1CCN(C(=O)C(C)Sc2nc3ccccc3c(=O)n2-c2ccc(C)c(F)c2)CC1. The molecule has 1 unspecified atom stereocenters. The zero-order valence-electron chi connectivity index (χ0n) is 20.0. The first kappa shape index (κ1) is 24.9. The smallest absolute Gasteiger partial charge is 0.309 e. The number of carbonyl (C=O) groups excluding carboxylic acids is 2. The summed E-state index contributed by atoms with van der Waals surface area (Å²) < 4.78 is 20.9. The van der Waals surface area contributed by atoms with Crippen LogP contribution in [0.2, 0.25) is 0 Å². The van der Waals surface area contributed by atoms with Crippen molar-refractivity contribution in [3.8, 4) is 5.69 Å². The van der Waals surface area contributed by atoms with Crippen molar-refractivity contribution in [2.45, 2.75) is 44.0 Å². The number of thioether (sulfide) groups is 1. The van der Waals surface area contributed by atoms with E-state index in [-0.39, 0.29) is 23.4 Å². The van der Waals surface area contributed by atoms with Gasteiger partial charge in [0, 0.05) is 13.1 Å². The first-order valence-corrected chi connectivity index (χ1v) is 12.6. The second-order valence-electron chi connectivity index (χ2n) is 8.60. The zero-order valence-corrected chi connectivity index (χ0v) is 20.8. The van der Waals surface area contributed by atoms with Gasteiger partial charge in [0.1, 0.15) is 5.82 Å². The van der Waals surface area contributed by atoms with Crippen LogP contribution in [0.15, 0.2) is 52.4 Å². The number of para-hydroxylation sites is 1. The Labute approximate surface area is 207 Å². The van der Waals surface area contributed by atoms with Crippen LogP contribution >= 0.6 is 11.8 Å². The standard InChI is InChI=1S/C26H28FN3O4S/c1-4-34-25(33)18-11-13-29(14-12-18)23(31)17(3)35-26-28-22-8-6-5-7-20(22)24(32)30(26)19-10-9-16(2)21(27)15-19/h5-10,15,17-18H,4,11-14H2,1-3H3. The molecule has 1 aliphatic rings. The molecule has 0 spiro atoms. The normalized spacial score (nSPS) is 15.3. The zero-order chi connectivity index (χ0) is 25.1. The molecule has 1 aromatic heterocycles. The summed E-state index contributed by atoms with van der Waals surface area (Å²) in [5.41, 5.74) is 1.02. The molecule has 35 heavy (non-hydrogen) atoms. The maximum atomic E-state index is 14.4. The van der Waals surface area contributed by atoms with E-state index in [0.717, 1.165) is 0 Å². The van der Waals surface area contributed by atoms with Crippen molar-refractivity contribution in [1.82, 2.24) is 14.5 Å². The Hall–Kier alpha value is -3.20. The molecule has 3 aromatic rings. The number of ether oxygens (including phenoxy) is 1. The van der Waals surface area contributed by atoms with E-state index >= 15 is 0 Å². The lowest BCUT2D eigenvalue weighted by molar-refractivity contribution is -0.151. The molecule has 7 nitrogen and oxygen atoms in total. The maximum Gasteiger partial charge on any atom is 0.309 e. The van der Waals surface area contributed by atoms with Gasteiger partial charge in [-0.15, -0.1) is 0 Å². The summed E-state index contributed by atoms with van der Waals surface area (Å²) in [6.45, 7) is 6.48. The lowest BCUT2D eigenvalue weighted by Crippen LogP contribution is -2.43. The van der Waals surface area contributed by atoms with Gasteiger partial charge in [-0.3, -0.25) is 19.0 Å². The fourth-order valence-corrected chi connectivity index (χ4v) is 5.21. The Morgan fingerprint density at radius 3 is 2.60 bits per heavy atom. The van der Waals surface area contributed by atoms with Crippen LogP contribution in [0.4, 0.5) is 4.39 Å². The summed E-state index contributed by atoms with van der Waals surface area (Å²) in [5, 5.41) is 0.195. The minimum Gasteiger partial charge on any atom is -0.466 e. The average Bonchev–Trinajstić information content (AvgIpc) is 2.86. The van der Waals surface area contributed by atoms with E-state index in [1.54, 1.807) is 62.1 Å². The molecule has 1 amide bonds. The summed E-state index contributed by atoms with van der Waals surface area (Å²) >= 11 is 1.17. The molecule has 0 aliphatic carbocycles. The highest BCUT2D eigenvalue weighted by Gasteiger charge is 2.31. The molecule has 0 N–H and O–H groups in total. The van der Waals surface area contributed by atoms with Crippen LogP contribution in [0.3, 0.4) is 0 Å². The molecule has 0 radical (unpaired) electrons. The second kappa shape index (κ2) is 10.6. The largest absolute Gasteiger partial charge is 0.466 e. The molecule has 2 aromatic carbocycles. The summed E-state index contributed by atoms with van der Waals surface area (Å²) in [7, 11) is 0. The van der Waals surface area contributed by atoms with Crippen LogP contribution in [0, 0.1) is 18.7 Å². The molecule has 184 valence electrons. The highest BCUT2D eigenvalue weighted by Crippen LogP contribution is 2.28. The molecule has 1 atom stereocenters. The Morgan fingerprint density at radius 2 is 1.91 bits per heavy atom. The average molecular weight is 498 g/mol. The van der Waals surface area contributed by atoms with E-state index in [4.69, 9.17) is 4.74 Å². The highest BCUT2D eigenvalue weighted by atomic mass is 32.2. The predicted molar refractivity (Wildman–Crippen MR) is 133 cm³/mol. The summed E-state index contributed by atoms with van der Waals surface area (Å²) in [5.74, 6) is -0.920. The molecular formula is C26H28FN3O4S. The van der Waals surface area contributed by atoms with Gasteiger partial charge in [0.15, 0.2) is 5.16 Å². The van der Waals surface area contributed by atoms with Gasteiger partial charge in [0.2, 0.25) is 5.91 Å². The number of rotatable bonds is 6. The third kappa shape index (κ3) is 5.24. The molecule has 1 saturated heterocycles. The van der Waals surface area contributed by atoms with Crippen LogP contribution < -0.4 is 5.56 Å². The van der Waals surface area contributed by atoms with Crippen molar-refractivity contribution in [3.63, 3.8) is 0 Å². The number of aromatic nitrogens is 2. The molecule has 1 aliphatic heterocycles. The number of esters is 1. The number of fused-ring (bicyclic) bond motifs is 1. The van der Waals surface area contributed by atoms with E-state index in [9.17, 15) is 18.8 Å².